The van der Waals surface area contributed by atoms with E-state index < -0.39 is 21.4 Å². The molecule has 0 N–H and O–H groups in total. The van der Waals surface area contributed by atoms with E-state index in [-0.39, 0.29) is 0 Å². The fourth-order valence-electron chi connectivity index (χ4n) is 3.24. The standard InChI is InChI=1S/C21H23N3O3S/c1-14-7-8-15(2)18(10-14)12-24-20(19(25)13-28(4,26)27)16(3)23-21(24)17-6-5-9-22-11-17/h5-11H,12-13H2,1-4H3. The summed E-state index contributed by atoms with van der Waals surface area (Å²) in [6.07, 6.45) is 4.42. The predicted molar refractivity (Wildman–Crippen MR) is 109 cm³/mol. The average molecular weight is 398 g/mol. The minimum atomic E-state index is -3.45. The number of imidazole rings is 1. The van der Waals surface area contributed by atoms with Gasteiger partial charge in [0.05, 0.1) is 12.2 Å². The van der Waals surface area contributed by atoms with E-state index in [1.165, 1.54) is 0 Å². The monoisotopic (exact) mass is 397 g/mol. The first-order valence-electron chi connectivity index (χ1n) is 8.90. The second kappa shape index (κ2) is 7.67. The van der Waals surface area contributed by atoms with Gasteiger partial charge in [0.25, 0.3) is 0 Å². The molecular formula is C21H23N3O3S. The van der Waals surface area contributed by atoms with Crippen LogP contribution in [0.1, 0.15) is 32.9 Å². The Kier molecular flexibility index (Phi) is 5.47. The van der Waals surface area contributed by atoms with Gasteiger partial charge >= 0.3 is 0 Å². The molecule has 0 fully saturated rings. The van der Waals surface area contributed by atoms with E-state index in [1.54, 1.807) is 25.4 Å². The molecule has 3 aromatic rings. The van der Waals surface area contributed by atoms with Crippen molar-refractivity contribution in [1.82, 2.24) is 14.5 Å². The molecule has 7 heteroatoms. The molecule has 0 aliphatic heterocycles. The maximum absolute atomic E-state index is 12.8. The highest BCUT2D eigenvalue weighted by molar-refractivity contribution is 7.91. The van der Waals surface area contributed by atoms with Crippen LogP contribution >= 0.6 is 0 Å². The largest absolute Gasteiger partial charge is 0.317 e. The van der Waals surface area contributed by atoms with Crippen LogP contribution in [0, 0.1) is 20.8 Å². The van der Waals surface area contributed by atoms with Crippen molar-refractivity contribution in [1.29, 1.82) is 0 Å². The normalized spacial score (nSPS) is 11.6. The van der Waals surface area contributed by atoms with E-state index >= 15 is 0 Å². The Morgan fingerprint density at radius 3 is 2.54 bits per heavy atom. The number of aromatic nitrogens is 3. The van der Waals surface area contributed by atoms with Crippen molar-refractivity contribution in [2.75, 3.05) is 12.0 Å². The maximum Gasteiger partial charge on any atom is 0.196 e. The van der Waals surface area contributed by atoms with Crippen molar-refractivity contribution in [3.8, 4) is 11.4 Å². The molecular weight excluding hydrogens is 374 g/mol. The number of carbonyl (C=O) groups excluding carboxylic acids is 1. The third kappa shape index (κ3) is 4.36. The minimum Gasteiger partial charge on any atom is -0.317 e. The number of carbonyl (C=O) groups is 1. The Labute approximate surface area is 165 Å². The highest BCUT2D eigenvalue weighted by Crippen LogP contribution is 2.25. The maximum atomic E-state index is 12.8. The Bertz CT molecular complexity index is 1130. The smallest absolute Gasteiger partial charge is 0.196 e. The Morgan fingerprint density at radius 1 is 1.14 bits per heavy atom. The summed E-state index contributed by atoms with van der Waals surface area (Å²) in [6, 6.07) is 9.83. The number of hydrogen-bond acceptors (Lipinski definition) is 5. The molecule has 1 aromatic carbocycles. The van der Waals surface area contributed by atoms with Gasteiger partial charge in [0.15, 0.2) is 15.6 Å². The molecule has 0 saturated heterocycles. The lowest BCUT2D eigenvalue weighted by molar-refractivity contribution is 0.101. The molecule has 0 radical (unpaired) electrons. The average Bonchev–Trinajstić information content (AvgIpc) is 2.93. The number of sulfone groups is 1. The lowest BCUT2D eigenvalue weighted by Crippen LogP contribution is -2.20. The van der Waals surface area contributed by atoms with Crippen molar-refractivity contribution >= 4 is 15.6 Å². The summed E-state index contributed by atoms with van der Waals surface area (Å²) in [5, 5.41) is 0. The summed E-state index contributed by atoms with van der Waals surface area (Å²) in [5.74, 6) is -0.393. The summed E-state index contributed by atoms with van der Waals surface area (Å²) in [6.45, 7) is 6.18. The quantitative estimate of drug-likeness (QED) is 0.597. The van der Waals surface area contributed by atoms with E-state index in [1.807, 2.05) is 36.6 Å². The first kappa shape index (κ1) is 19.9. The zero-order valence-electron chi connectivity index (χ0n) is 16.4. The van der Waals surface area contributed by atoms with Crippen LogP contribution in [0.5, 0.6) is 0 Å². The Morgan fingerprint density at radius 2 is 1.89 bits per heavy atom. The molecule has 0 bridgehead atoms. The third-order valence-corrected chi connectivity index (χ3v) is 5.34. The first-order chi connectivity index (χ1) is 13.2. The molecule has 0 saturated carbocycles. The fourth-order valence-corrected chi connectivity index (χ4v) is 3.86. The van der Waals surface area contributed by atoms with Gasteiger partial charge in [-0.2, -0.15) is 0 Å². The SMILES string of the molecule is Cc1ccc(C)c(Cn2c(-c3cccnc3)nc(C)c2C(=O)CS(C)(=O)=O)c1. The number of rotatable bonds is 6. The molecule has 28 heavy (non-hydrogen) atoms. The molecule has 0 unspecified atom stereocenters. The molecule has 6 nitrogen and oxygen atoms in total. The number of hydrogen-bond donors (Lipinski definition) is 0. The molecule has 0 atom stereocenters. The molecule has 0 aliphatic carbocycles. The van der Waals surface area contributed by atoms with E-state index in [9.17, 15) is 13.2 Å². The third-order valence-electron chi connectivity index (χ3n) is 4.55. The van der Waals surface area contributed by atoms with Crippen molar-refractivity contribution < 1.29 is 13.2 Å². The Hall–Kier alpha value is -2.80. The summed E-state index contributed by atoms with van der Waals surface area (Å²) in [7, 11) is -3.45. The van der Waals surface area contributed by atoms with Crippen LogP contribution in [0.15, 0.2) is 42.7 Å². The lowest BCUT2D eigenvalue weighted by Gasteiger charge is -2.14. The zero-order chi connectivity index (χ0) is 20.5. The molecule has 0 amide bonds. The van der Waals surface area contributed by atoms with Crippen molar-refractivity contribution in [3.05, 3.63) is 70.8 Å². The summed E-state index contributed by atoms with van der Waals surface area (Å²) in [4.78, 5) is 21.6. The highest BCUT2D eigenvalue weighted by atomic mass is 32.2. The topological polar surface area (TPSA) is 81.9 Å². The minimum absolute atomic E-state index is 0.324. The Balaban J connectivity index is 2.18. The van der Waals surface area contributed by atoms with E-state index in [2.05, 4.69) is 16.0 Å². The summed E-state index contributed by atoms with van der Waals surface area (Å²) < 4.78 is 25.2. The van der Waals surface area contributed by atoms with Gasteiger partial charge in [-0.15, -0.1) is 0 Å². The number of benzene rings is 1. The number of pyridine rings is 1. The van der Waals surface area contributed by atoms with Crippen LogP contribution in [0.2, 0.25) is 0 Å². The fraction of sp³-hybridized carbons (Fsp3) is 0.286. The van der Waals surface area contributed by atoms with Gasteiger partial charge in [0.2, 0.25) is 0 Å². The number of Topliss-reactive ketones (excluding diaryl/α,β-unsaturated/α-hetero) is 1. The molecule has 3 rings (SSSR count). The van der Waals surface area contributed by atoms with Gasteiger partial charge in [-0.1, -0.05) is 23.8 Å². The summed E-state index contributed by atoms with van der Waals surface area (Å²) >= 11 is 0. The van der Waals surface area contributed by atoms with Gasteiger partial charge in [-0.05, 0) is 44.0 Å². The second-order valence-corrected chi connectivity index (χ2v) is 9.26. The molecule has 2 aromatic heterocycles. The van der Waals surface area contributed by atoms with E-state index in [4.69, 9.17) is 0 Å². The van der Waals surface area contributed by atoms with Crippen LogP contribution in [0.4, 0.5) is 0 Å². The van der Waals surface area contributed by atoms with Gasteiger partial charge < -0.3 is 4.57 Å². The van der Waals surface area contributed by atoms with Gasteiger partial charge in [0, 0.05) is 24.2 Å². The van der Waals surface area contributed by atoms with Crippen molar-refractivity contribution in [2.24, 2.45) is 0 Å². The van der Waals surface area contributed by atoms with Gasteiger partial charge in [0.1, 0.15) is 17.3 Å². The van der Waals surface area contributed by atoms with Crippen LogP contribution < -0.4 is 0 Å². The van der Waals surface area contributed by atoms with Crippen molar-refractivity contribution in [3.63, 3.8) is 0 Å². The van der Waals surface area contributed by atoms with Crippen molar-refractivity contribution in [2.45, 2.75) is 27.3 Å². The van der Waals surface area contributed by atoms with E-state index in [0.717, 1.165) is 28.5 Å². The first-order valence-corrected chi connectivity index (χ1v) is 11.0. The van der Waals surface area contributed by atoms with Crippen LogP contribution in [0.3, 0.4) is 0 Å². The predicted octanol–water partition coefficient (Wildman–Crippen LogP) is 3.15. The van der Waals surface area contributed by atoms with Crippen LogP contribution in [-0.2, 0) is 16.4 Å². The highest BCUT2D eigenvalue weighted by Gasteiger charge is 2.24. The van der Waals surface area contributed by atoms with Crippen LogP contribution in [0.25, 0.3) is 11.4 Å². The molecule has 0 spiro atoms. The number of nitrogens with zero attached hydrogens (tertiary/aromatic N) is 3. The van der Waals surface area contributed by atoms with E-state index in [0.29, 0.717) is 23.8 Å². The molecule has 146 valence electrons. The summed E-state index contributed by atoms with van der Waals surface area (Å²) in [5.41, 5.74) is 4.87. The second-order valence-electron chi connectivity index (χ2n) is 7.12. The zero-order valence-corrected chi connectivity index (χ0v) is 17.2. The van der Waals surface area contributed by atoms with Gasteiger partial charge in [-0.3, -0.25) is 9.78 Å². The molecule has 2 heterocycles. The number of ketones is 1. The van der Waals surface area contributed by atoms with Crippen LogP contribution in [-0.4, -0.2) is 40.7 Å². The van der Waals surface area contributed by atoms with Gasteiger partial charge in [-0.25, -0.2) is 13.4 Å². The molecule has 0 aliphatic rings. The number of aryl methyl sites for hydroxylation is 3. The lowest BCUT2D eigenvalue weighted by atomic mass is 10.1.